The molecule has 4 rings (SSSR count). The lowest BCUT2D eigenvalue weighted by Crippen LogP contribution is -2.35. The van der Waals surface area contributed by atoms with Gasteiger partial charge in [0.15, 0.2) is 0 Å². The first-order valence-corrected chi connectivity index (χ1v) is 9.70. The molecule has 0 spiro atoms. The average Bonchev–Trinajstić information content (AvgIpc) is 3.28. The number of hydrogen-bond donors (Lipinski definition) is 1. The minimum atomic E-state index is -0.122. The van der Waals surface area contributed by atoms with Crippen molar-refractivity contribution in [1.29, 1.82) is 5.26 Å². The van der Waals surface area contributed by atoms with Crippen molar-refractivity contribution in [3.05, 3.63) is 73.1 Å². The summed E-state index contributed by atoms with van der Waals surface area (Å²) in [7, 11) is 2.09. The highest BCUT2D eigenvalue weighted by Crippen LogP contribution is 2.44. The van der Waals surface area contributed by atoms with Crippen LogP contribution in [0, 0.1) is 11.3 Å². The van der Waals surface area contributed by atoms with Crippen LogP contribution in [-0.4, -0.2) is 25.0 Å². The third-order valence-corrected chi connectivity index (χ3v) is 6.14. The van der Waals surface area contributed by atoms with Crippen LogP contribution in [0.3, 0.4) is 0 Å². The molecule has 0 aliphatic carbocycles. The van der Waals surface area contributed by atoms with Crippen LogP contribution >= 0.6 is 22.7 Å². The molecule has 2 N–H and O–H groups in total. The van der Waals surface area contributed by atoms with E-state index in [4.69, 9.17) is 10.5 Å². The first kappa shape index (κ1) is 16.2. The second-order valence-electron chi connectivity index (χ2n) is 6.15. The zero-order valence-corrected chi connectivity index (χ0v) is 15.4. The first-order chi connectivity index (χ1) is 12.2. The number of ether oxygens (including phenoxy) is 1. The quantitative estimate of drug-likeness (QED) is 0.874. The molecule has 0 amide bonds. The molecule has 0 aromatic carbocycles. The van der Waals surface area contributed by atoms with Crippen LogP contribution in [0.4, 0.5) is 0 Å². The summed E-state index contributed by atoms with van der Waals surface area (Å²) < 4.78 is 5.96. The van der Waals surface area contributed by atoms with Crippen LogP contribution < -0.4 is 5.73 Å². The molecule has 0 bridgehead atoms. The van der Waals surface area contributed by atoms with Crippen LogP contribution in [0.25, 0.3) is 6.08 Å². The van der Waals surface area contributed by atoms with Gasteiger partial charge in [0, 0.05) is 34.0 Å². The molecule has 0 saturated heterocycles. The van der Waals surface area contributed by atoms with Crippen LogP contribution in [0.2, 0.25) is 0 Å². The number of nitrogens with zero attached hydrogens (tertiary/aromatic N) is 2. The summed E-state index contributed by atoms with van der Waals surface area (Å²) in [5.74, 6) is 0.936. The van der Waals surface area contributed by atoms with Gasteiger partial charge >= 0.3 is 0 Å². The summed E-state index contributed by atoms with van der Waals surface area (Å²) in [4.78, 5) is 4.56. The van der Waals surface area contributed by atoms with Gasteiger partial charge in [0.25, 0.3) is 0 Å². The van der Waals surface area contributed by atoms with E-state index in [2.05, 4.69) is 41.6 Å². The number of nitriles is 1. The second kappa shape index (κ2) is 6.52. The van der Waals surface area contributed by atoms with E-state index in [1.165, 1.54) is 4.88 Å². The van der Waals surface area contributed by atoms with E-state index in [1.807, 2.05) is 17.5 Å². The van der Waals surface area contributed by atoms with Crippen molar-refractivity contribution in [2.75, 3.05) is 20.1 Å². The molecular weight excluding hydrogens is 350 g/mol. The Morgan fingerprint density at radius 2 is 2.08 bits per heavy atom. The molecular formula is C19H17N3OS2. The Morgan fingerprint density at radius 3 is 2.76 bits per heavy atom. The maximum atomic E-state index is 9.65. The Hall–Kier alpha value is -2.33. The fraction of sp³-hybridized carbons (Fsp3) is 0.211. The van der Waals surface area contributed by atoms with Crippen molar-refractivity contribution in [3.63, 3.8) is 0 Å². The molecule has 1 unspecified atom stereocenters. The van der Waals surface area contributed by atoms with Gasteiger partial charge in [0.05, 0.1) is 5.92 Å². The number of nitrogens with two attached hydrogens (primary N) is 1. The standard InChI is InChI=1S/C19H17N3OS2/c1-22-10-12(8-13-4-2-6-24-13)18-15(11-22)17(16-5-3-7-25-16)14(9-20)19(21)23-18/h2-8,17H,10-11,21H2,1H3. The van der Waals surface area contributed by atoms with E-state index >= 15 is 0 Å². The lowest BCUT2D eigenvalue weighted by molar-refractivity contribution is 0.251. The predicted molar refractivity (Wildman–Crippen MR) is 102 cm³/mol. The molecule has 2 aliphatic rings. The van der Waals surface area contributed by atoms with Gasteiger partial charge < -0.3 is 10.5 Å². The summed E-state index contributed by atoms with van der Waals surface area (Å²) >= 11 is 3.34. The summed E-state index contributed by atoms with van der Waals surface area (Å²) in [6.07, 6.45) is 2.16. The van der Waals surface area contributed by atoms with Gasteiger partial charge in [-0.2, -0.15) is 5.26 Å². The lowest BCUT2D eigenvalue weighted by atomic mass is 9.84. The van der Waals surface area contributed by atoms with Crippen LogP contribution in [0.15, 0.2) is 63.4 Å². The van der Waals surface area contributed by atoms with Crippen molar-refractivity contribution < 1.29 is 4.74 Å². The maximum absolute atomic E-state index is 9.65. The van der Waals surface area contributed by atoms with Gasteiger partial charge in [-0.3, -0.25) is 4.90 Å². The summed E-state index contributed by atoms with van der Waals surface area (Å²) in [6, 6.07) is 10.5. The van der Waals surface area contributed by atoms with Gasteiger partial charge in [-0.1, -0.05) is 12.1 Å². The average molecular weight is 367 g/mol. The van der Waals surface area contributed by atoms with Crippen molar-refractivity contribution in [1.82, 2.24) is 4.90 Å². The largest absolute Gasteiger partial charge is 0.440 e. The topological polar surface area (TPSA) is 62.3 Å². The van der Waals surface area contributed by atoms with E-state index in [-0.39, 0.29) is 11.8 Å². The fourth-order valence-electron chi connectivity index (χ4n) is 3.37. The minimum absolute atomic E-state index is 0.122. The Bertz CT molecular complexity index is 915. The third kappa shape index (κ3) is 2.91. The van der Waals surface area contributed by atoms with Crippen molar-refractivity contribution in [2.45, 2.75) is 5.92 Å². The number of thiophene rings is 2. The van der Waals surface area contributed by atoms with E-state index < -0.39 is 0 Å². The Labute approximate surface area is 154 Å². The Balaban J connectivity index is 1.87. The van der Waals surface area contributed by atoms with E-state index in [1.54, 1.807) is 22.7 Å². The first-order valence-electron chi connectivity index (χ1n) is 7.94. The fourth-order valence-corrected chi connectivity index (χ4v) is 4.92. The van der Waals surface area contributed by atoms with E-state index in [9.17, 15) is 5.26 Å². The van der Waals surface area contributed by atoms with Crippen molar-refractivity contribution in [2.24, 2.45) is 5.73 Å². The molecule has 25 heavy (non-hydrogen) atoms. The molecule has 2 aromatic heterocycles. The monoisotopic (exact) mass is 367 g/mol. The highest BCUT2D eigenvalue weighted by atomic mass is 32.1. The zero-order valence-electron chi connectivity index (χ0n) is 13.7. The summed E-state index contributed by atoms with van der Waals surface area (Å²) in [5.41, 5.74) is 8.86. The Morgan fingerprint density at radius 1 is 1.28 bits per heavy atom. The molecule has 1 atom stereocenters. The van der Waals surface area contributed by atoms with Gasteiger partial charge in [0.1, 0.15) is 17.4 Å². The number of allylic oxidation sites excluding steroid dienone is 1. The molecule has 2 aromatic rings. The molecule has 4 nitrogen and oxygen atoms in total. The maximum Gasteiger partial charge on any atom is 0.205 e. The highest BCUT2D eigenvalue weighted by molar-refractivity contribution is 7.10. The molecule has 6 heteroatoms. The number of rotatable bonds is 2. The van der Waals surface area contributed by atoms with Gasteiger partial charge in [-0.15, -0.1) is 22.7 Å². The molecule has 0 fully saturated rings. The predicted octanol–water partition coefficient (Wildman–Crippen LogP) is 3.90. The van der Waals surface area contributed by atoms with Crippen LogP contribution in [0.1, 0.15) is 15.7 Å². The normalized spacial score (nSPS) is 22.7. The van der Waals surface area contributed by atoms with Crippen LogP contribution in [-0.2, 0) is 4.74 Å². The third-order valence-electron chi connectivity index (χ3n) is 4.39. The lowest BCUT2D eigenvalue weighted by Gasteiger charge is -2.36. The molecule has 2 aliphatic heterocycles. The van der Waals surface area contributed by atoms with Crippen molar-refractivity contribution >= 4 is 28.7 Å². The number of hydrogen-bond acceptors (Lipinski definition) is 6. The zero-order chi connectivity index (χ0) is 17.4. The van der Waals surface area contributed by atoms with E-state index in [0.717, 1.165) is 34.9 Å². The van der Waals surface area contributed by atoms with Crippen molar-refractivity contribution in [3.8, 4) is 6.07 Å². The highest BCUT2D eigenvalue weighted by Gasteiger charge is 2.37. The Kier molecular flexibility index (Phi) is 4.22. The SMILES string of the molecule is CN1CC(=Cc2cccs2)C2=C(C1)C(c1cccs1)C(C#N)=C(N)O2. The molecule has 126 valence electrons. The van der Waals surface area contributed by atoms with Gasteiger partial charge in [0.2, 0.25) is 5.88 Å². The van der Waals surface area contributed by atoms with E-state index in [0.29, 0.717) is 5.57 Å². The number of likely N-dealkylation sites (N-methyl/N-ethyl adjacent to an activating group) is 1. The minimum Gasteiger partial charge on any atom is -0.440 e. The molecule has 0 saturated carbocycles. The summed E-state index contributed by atoms with van der Waals surface area (Å²) in [6.45, 7) is 1.56. The second-order valence-corrected chi connectivity index (χ2v) is 8.11. The smallest absolute Gasteiger partial charge is 0.205 e. The molecule has 0 radical (unpaired) electrons. The van der Waals surface area contributed by atoms with Gasteiger partial charge in [-0.25, -0.2) is 0 Å². The van der Waals surface area contributed by atoms with Gasteiger partial charge in [-0.05, 0) is 36.0 Å². The molecule has 4 heterocycles. The van der Waals surface area contributed by atoms with Crippen LogP contribution in [0.5, 0.6) is 0 Å². The summed E-state index contributed by atoms with van der Waals surface area (Å²) in [5, 5.41) is 13.7.